The van der Waals surface area contributed by atoms with Crippen molar-refractivity contribution < 1.29 is 26.7 Å². The first kappa shape index (κ1) is 30.4. The van der Waals surface area contributed by atoms with Gasteiger partial charge in [-0.3, -0.25) is 9.89 Å². The summed E-state index contributed by atoms with van der Waals surface area (Å²) in [6, 6.07) is 8.21. The van der Waals surface area contributed by atoms with Gasteiger partial charge in [0.05, 0.1) is 34.9 Å². The standard InChI is InChI=1S/C30H37F2N7O4S/c1-18(25-5-4-8-33-25)34-26-16-21(38-9-11-43-12-10-38)6-7-23(26)29(40)35-28-24-17-39(30(2,3)27(24)36-37-28)44(41,42)22-14-19(31)13-20(32)15-22/h6-7,13-16,18,25,33-34H,4-5,8-12,17H2,1-3H3,(H2,35,36,37,40)/t18-,25?/m1/s1. The lowest BCUT2D eigenvalue weighted by Crippen LogP contribution is -2.40. The van der Waals surface area contributed by atoms with Crippen LogP contribution in [0.15, 0.2) is 41.3 Å². The SMILES string of the molecule is C[C@@H](Nc1cc(N2CCOCC2)ccc1C(=O)Nc1n[nH]c2c1CN(S(=O)(=O)c1cc(F)cc(F)c1)C2(C)C)C1CCCN1. The molecule has 0 spiro atoms. The number of aromatic amines is 1. The van der Waals surface area contributed by atoms with Crippen LogP contribution in [0.25, 0.3) is 0 Å². The Morgan fingerprint density at radius 1 is 1.14 bits per heavy atom. The molecule has 6 rings (SSSR count). The lowest BCUT2D eigenvalue weighted by atomic mass is 10.0. The summed E-state index contributed by atoms with van der Waals surface area (Å²) in [5, 5.41) is 17.1. The van der Waals surface area contributed by atoms with Gasteiger partial charge in [0.25, 0.3) is 5.91 Å². The molecule has 0 bridgehead atoms. The normalized spacial score (nSPS) is 20.8. The summed E-state index contributed by atoms with van der Waals surface area (Å²) in [5.74, 6) is -2.20. The van der Waals surface area contributed by atoms with E-state index in [1.54, 1.807) is 19.9 Å². The molecule has 2 fully saturated rings. The zero-order valence-electron chi connectivity index (χ0n) is 24.9. The molecule has 1 aromatic heterocycles. The number of nitrogens with one attached hydrogen (secondary N) is 4. The summed E-state index contributed by atoms with van der Waals surface area (Å²) in [5.41, 5.74) is 1.90. The van der Waals surface area contributed by atoms with Crippen molar-refractivity contribution in [2.24, 2.45) is 0 Å². The number of nitrogens with zero attached hydrogens (tertiary/aromatic N) is 3. The van der Waals surface area contributed by atoms with E-state index in [0.29, 0.717) is 41.8 Å². The van der Waals surface area contributed by atoms with E-state index in [2.05, 4.69) is 38.0 Å². The quantitative estimate of drug-likeness (QED) is 0.296. The molecule has 4 N–H and O–H groups in total. The largest absolute Gasteiger partial charge is 0.380 e. The van der Waals surface area contributed by atoms with Crippen molar-refractivity contribution in [2.75, 3.05) is 48.4 Å². The number of aromatic nitrogens is 2. The number of sulfonamides is 1. The number of rotatable bonds is 8. The molecule has 3 aliphatic heterocycles. The van der Waals surface area contributed by atoms with Crippen LogP contribution in [-0.2, 0) is 26.8 Å². The van der Waals surface area contributed by atoms with E-state index in [4.69, 9.17) is 4.74 Å². The molecule has 3 aliphatic rings. The second-order valence-electron chi connectivity index (χ2n) is 12.0. The number of benzene rings is 2. The maximum absolute atomic E-state index is 13.9. The van der Waals surface area contributed by atoms with Gasteiger partial charge in [0.15, 0.2) is 5.82 Å². The summed E-state index contributed by atoms with van der Waals surface area (Å²) >= 11 is 0. The van der Waals surface area contributed by atoms with Gasteiger partial charge < -0.3 is 25.6 Å². The van der Waals surface area contributed by atoms with Crippen LogP contribution in [0.5, 0.6) is 0 Å². The predicted molar refractivity (Wildman–Crippen MR) is 162 cm³/mol. The molecule has 2 atom stereocenters. The van der Waals surface area contributed by atoms with Crippen LogP contribution in [0, 0.1) is 11.6 Å². The molecular formula is C30H37F2N7O4S. The smallest absolute Gasteiger partial charge is 0.258 e. The van der Waals surface area contributed by atoms with E-state index in [1.165, 1.54) is 0 Å². The Kier molecular flexibility index (Phi) is 8.11. The maximum Gasteiger partial charge on any atom is 0.258 e. The maximum atomic E-state index is 13.9. The molecule has 2 saturated heterocycles. The number of ether oxygens (including phenoxy) is 1. The zero-order chi connectivity index (χ0) is 31.2. The zero-order valence-corrected chi connectivity index (χ0v) is 25.7. The van der Waals surface area contributed by atoms with Gasteiger partial charge in [-0.2, -0.15) is 9.40 Å². The lowest BCUT2D eigenvalue weighted by molar-refractivity contribution is 0.102. The summed E-state index contributed by atoms with van der Waals surface area (Å²) in [6.07, 6.45) is 2.13. The number of H-pyrrole nitrogens is 1. The molecule has 236 valence electrons. The van der Waals surface area contributed by atoms with Gasteiger partial charge in [-0.15, -0.1) is 0 Å². The van der Waals surface area contributed by atoms with Crippen LogP contribution in [0.3, 0.4) is 0 Å². The average molecular weight is 630 g/mol. The molecule has 3 aromatic rings. The number of anilines is 3. The van der Waals surface area contributed by atoms with Crippen LogP contribution >= 0.6 is 0 Å². The molecule has 0 saturated carbocycles. The van der Waals surface area contributed by atoms with Gasteiger partial charge in [-0.05, 0) is 70.5 Å². The second-order valence-corrected chi connectivity index (χ2v) is 13.9. The van der Waals surface area contributed by atoms with Gasteiger partial charge >= 0.3 is 0 Å². The fraction of sp³-hybridized carbons (Fsp3) is 0.467. The Morgan fingerprint density at radius 2 is 1.86 bits per heavy atom. The Balaban J connectivity index is 1.27. The topological polar surface area (TPSA) is 132 Å². The third-order valence-corrected chi connectivity index (χ3v) is 10.8. The third kappa shape index (κ3) is 5.67. The molecule has 1 amide bonds. The van der Waals surface area contributed by atoms with Gasteiger partial charge in [-0.1, -0.05) is 0 Å². The fourth-order valence-corrected chi connectivity index (χ4v) is 8.08. The minimum atomic E-state index is -4.31. The van der Waals surface area contributed by atoms with E-state index in [9.17, 15) is 22.0 Å². The van der Waals surface area contributed by atoms with Crippen LogP contribution < -0.4 is 20.9 Å². The van der Waals surface area contributed by atoms with Gasteiger partial charge in [0.1, 0.15) is 11.6 Å². The molecule has 2 aromatic carbocycles. The number of amides is 1. The second kappa shape index (κ2) is 11.7. The van der Waals surface area contributed by atoms with Gasteiger partial charge in [-0.25, -0.2) is 17.2 Å². The summed E-state index contributed by atoms with van der Waals surface area (Å²) in [7, 11) is -4.31. The van der Waals surface area contributed by atoms with Crippen LogP contribution in [0.2, 0.25) is 0 Å². The highest BCUT2D eigenvalue weighted by Gasteiger charge is 2.48. The first-order valence-corrected chi connectivity index (χ1v) is 16.2. The van der Waals surface area contributed by atoms with E-state index in [0.717, 1.165) is 54.6 Å². The first-order valence-electron chi connectivity index (χ1n) is 14.8. The van der Waals surface area contributed by atoms with Gasteiger partial charge in [0, 0.05) is 54.7 Å². The fourth-order valence-electron chi connectivity index (χ4n) is 6.31. The molecule has 0 aliphatic carbocycles. The number of fused-ring (bicyclic) bond motifs is 1. The predicted octanol–water partition coefficient (Wildman–Crippen LogP) is 3.77. The Bertz CT molecular complexity index is 1650. The highest BCUT2D eigenvalue weighted by atomic mass is 32.2. The van der Waals surface area contributed by atoms with Crippen LogP contribution in [0.4, 0.5) is 26.0 Å². The van der Waals surface area contributed by atoms with Crippen molar-refractivity contribution in [3.8, 4) is 0 Å². The molecule has 4 heterocycles. The van der Waals surface area contributed by atoms with Gasteiger partial charge in [0.2, 0.25) is 10.0 Å². The summed E-state index contributed by atoms with van der Waals surface area (Å²) in [6.45, 7) is 9.00. The van der Waals surface area contributed by atoms with Crippen molar-refractivity contribution in [2.45, 2.75) is 62.7 Å². The number of morpholine rings is 1. The van der Waals surface area contributed by atoms with Crippen LogP contribution in [-0.4, -0.2) is 73.8 Å². The van der Waals surface area contributed by atoms with Crippen molar-refractivity contribution >= 4 is 33.1 Å². The highest BCUT2D eigenvalue weighted by Crippen LogP contribution is 2.44. The summed E-state index contributed by atoms with van der Waals surface area (Å²) < 4.78 is 61.6. The van der Waals surface area contributed by atoms with E-state index >= 15 is 0 Å². The van der Waals surface area contributed by atoms with E-state index < -0.39 is 38.0 Å². The minimum absolute atomic E-state index is 0.0610. The third-order valence-electron chi connectivity index (χ3n) is 8.77. The molecule has 1 unspecified atom stereocenters. The first-order chi connectivity index (χ1) is 20.9. The summed E-state index contributed by atoms with van der Waals surface area (Å²) in [4.78, 5) is 15.5. The van der Waals surface area contributed by atoms with Crippen molar-refractivity contribution in [3.05, 3.63) is 64.9 Å². The Morgan fingerprint density at radius 3 is 2.55 bits per heavy atom. The molecular weight excluding hydrogens is 592 g/mol. The Hall–Kier alpha value is -3.59. The average Bonchev–Trinajstić information content (AvgIpc) is 3.72. The molecule has 11 nitrogen and oxygen atoms in total. The van der Waals surface area contributed by atoms with Crippen LogP contribution in [0.1, 0.15) is 55.2 Å². The lowest BCUT2D eigenvalue weighted by Gasteiger charge is -2.30. The monoisotopic (exact) mass is 629 g/mol. The number of carbonyl (C=O) groups is 1. The number of hydrogen-bond donors (Lipinski definition) is 4. The van der Waals surface area contributed by atoms with E-state index in [-0.39, 0.29) is 24.4 Å². The van der Waals surface area contributed by atoms with Crippen molar-refractivity contribution in [1.82, 2.24) is 19.8 Å². The Labute approximate surface area is 255 Å². The molecule has 0 radical (unpaired) electrons. The minimum Gasteiger partial charge on any atom is -0.380 e. The highest BCUT2D eigenvalue weighted by molar-refractivity contribution is 7.89. The van der Waals surface area contributed by atoms with Crippen molar-refractivity contribution in [3.63, 3.8) is 0 Å². The van der Waals surface area contributed by atoms with E-state index in [1.807, 2.05) is 12.1 Å². The molecule has 14 heteroatoms. The molecule has 44 heavy (non-hydrogen) atoms. The number of halogens is 2. The number of hydrogen-bond acceptors (Lipinski definition) is 8. The number of carbonyl (C=O) groups excluding carboxylic acids is 1. The van der Waals surface area contributed by atoms with Crippen molar-refractivity contribution in [1.29, 1.82) is 0 Å².